The van der Waals surface area contributed by atoms with E-state index in [9.17, 15) is 9.59 Å². The molecule has 7 heteroatoms. The average molecular weight is 414 g/mol. The lowest BCUT2D eigenvalue weighted by molar-refractivity contribution is -0.138. The number of anilines is 1. The summed E-state index contributed by atoms with van der Waals surface area (Å²) in [5.74, 6) is -0.616. The van der Waals surface area contributed by atoms with Crippen LogP contribution in [0.2, 0.25) is 0 Å². The van der Waals surface area contributed by atoms with Crippen molar-refractivity contribution in [3.63, 3.8) is 0 Å². The van der Waals surface area contributed by atoms with E-state index in [1.165, 1.54) is 12.4 Å². The lowest BCUT2D eigenvalue weighted by Crippen LogP contribution is -2.07. The lowest BCUT2D eigenvalue weighted by Gasteiger charge is -2.03. The van der Waals surface area contributed by atoms with Crippen LogP contribution in [0, 0.1) is 36.5 Å². The third-order valence-electron chi connectivity index (χ3n) is 4.21. The number of nitrogens with zero attached hydrogens (tertiary/aromatic N) is 2. The molecule has 0 fully saturated rings. The number of fused-ring (bicyclic) bond motifs is 1. The topological polar surface area (TPSA) is 119 Å². The van der Waals surface area contributed by atoms with Crippen LogP contribution in [0.5, 0.6) is 0 Å². The zero-order valence-corrected chi connectivity index (χ0v) is 17.5. The number of carbonyl (C=O) groups is 1. The number of aromatic amines is 1. The highest BCUT2D eigenvalue weighted by Gasteiger charge is 2.08. The summed E-state index contributed by atoms with van der Waals surface area (Å²) in [7, 11) is 0. The van der Waals surface area contributed by atoms with Crippen molar-refractivity contribution >= 4 is 22.6 Å². The first-order valence-corrected chi connectivity index (χ1v) is 9.52. The van der Waals surface area contributed by atoms with Crippen molar-refractivity contribution in [2.75, 3.05) is 11.9 Å². The standard InChI is InChI=1S/C13H14N2O2.C11H8N2O/c1-3-17-13(16)11(8-14)9-15-12-6-4-10(2)5-7-12;1-7-2-3-10-9(4-7)11(14)8(5-12)6-13-10/h4-7,9,15H,3H2,1-2H3;2-4,6H,1H3,(H,13,14)/b11-9+;. The Balaban J connectivity index is 0.000000224. The highest BCUT2D eigenvalue weighted by molar-refractivity contribution is 5.93. The summed E-state index contributed by atoms with van der Waals surface area (Å²) in [5, 5.41) is 20.9. The Morgan fingerprint density at radius 3 is 2.42 bits per heavy atom. The minimum atomic E-state index is -0.616. The Kier molecular flexibility index (Phi) is 8.13. The van der Waals surface area contributed by atoms with Gasteiger partial charge in [0.15, 0.2) is 5.57 Å². The average Bonchev–Trinajstić information content (AvgIpc) is 2.77. The van der Waals surface area contributed by atoms with E-state index in [0.29, 0.717) is 5.39 Å². The number of aromatic nitrogens is 1. The van der Waals surface area contributed by atoms with Gasteiger partial charge in [0.05, 0.1) is 6.61 Å². The Labute approximate surface area is 180 Å². The molecule has 0 aliphatic heterocycles. The van der Waals surface area contributed by atoms with Gasteiger partial charge in [0.2, 0.25) is 5.43 Å². The fourth-order valence-electron chi connectivity index (χ4n) is 2.57. The largest absolute Gasteiger partial charge is 0.462 e. The Bertz CT molecular complexity index is 1240. The summed E-state index contributed by atoms with van der Waals surface area (Å²) in [4.78, 5) is 25.9. The summed E-state index contributed by atoms with van der Waals surface area (Å²) in [6.45, 7) is 5.85. The number of benzene rings is 2. The van der Waals surface area contributed by atoms with Gasteiger partial charge < -0.3 is 15.0 Å². The molecule has 0 spiro atoms. The molecule has 2 aromatic carbocycles. The second-order valence-electron chi connectivity index (χ2n) is 6.59. The first-order valence-electron chi connectivity index (χ1n) is 9.52. The quantitative estimate of drug-likeness (QED) is 0.377. The zero-order chi connectivity index (χ0) is 22.8. The molecule has 7 nitrogen and oxygen atoms in total. The Morgan fingerprint density at radius 1 is 1.13 bits per heavy atom. The predicted octanol–water partition coefficient (Wildman–Crippen LogP) is 4.09. The van der Waals surface area contributed by atoms with Gasteiger partial charge in [-0.2, -0.15) is 10.5 Å². The second kappa shape index (κ2) is 11.0. The van der Waals surface area contributed by atoms with Crippen LogP contribution >= 0.6 is 0 Å². The smallest absolute Gasteiger partial charge is 0.350 e. The van der Waals surface area contributed by atoms with Crippen molar-refractivity contribution in [3.8, 4) is 12.1 Å². The van der Waals surface area contributed by atoms with Gasteiger partial charge in [-0.1, -0.05) is 29.3 Å². The number of hydrogen-bond donors (Lipinski definition) is 2. The van der Waals surface area contributed by atoms with E-state index >= 15 is 0 Å². The molecule has 0 amide bonds. The molecule has 0 atom stereocenters. The molecule has 3 rings (SSSR count). The van der Waals surface area contributed by atoms with E-state index in [1.54, 1.807) is 19.1 Å². The number of pyridine rings is 1. The molecule has 2 N–H and O–H groups in total. The van der Waals surface area contributed by atoms with Crippen molar-refractivity contribution in [1.82, 2.24) is 4.98 Å². The van der Waals surface area contributed by atoms with Gasteiger partial charge in [-0.05, 0) is 45.0 Å². The van der Waals surface area contributed by atoms with E-state index < -0.39 is 5.97 Å². The molecule has 31 heavy (non-hydrogen) atoms. The van der Waals surface area contributed by atoms with Crippen LogP contribution in [-0.4, -0.2) is 17.6 Å². The highest BCUT2D eigenvalue weighted by Crippen LogP contribution is 2.10. The van der Waals surface area contributed by atoms with Gasteiger partial charge in [-0.3, -0.25) is 4.79 Å². The summed E-state index contributed by atoms with van der Waals surface area (Å²) in [6.07, 6.45) is 2.79. The first kappa shape index (κ1) is 22.9. The molecule has 0 aliphatic rings. The number of hydrogen-bond acceptors (Lipinski definition) is 6. The second-order valence-corrected chi connectivity index (χ2v) is 6.59. The number of nitrogens with one attached hydrogen (secondary N) is 2. The number of nitriles is 2. The summed E-state index contributed by atoms with van der Waals surface area (Å²) in [5.41, 5.74) is 3.64. The van der Waals surface area contributed by atoms with Crippen molar-refractivity contribution in [3.05, 3.63) is 87.3 Å². The van der Waals surface area contributed by atoms with Crippen LogP contribution in [-0.2, 0) is 9.53 Å². The molecule has 0 radical (unpaired) electrons. The summed E-state index contributed by atoms with van der Waals surface area (Å²) in [6, 6.07) is 16.8. The maximum Gasteiger partial charge on any atom is 0.350 e. The van der Waals surface area contributed by atoms with E-state index in [-0.39, 0.29) is 23.2 Å². The fraction of sp³-hybridized carbons (Fsp3) is 0.167. The molecule has 0 unspecified atom stereocenters. The van der Waals surface area contributed by atoms with Crippen molar-refractivity contribution < 1.29 is 9.53 Å². The van der Waals surface area contributed by atoms with Crippen LogP contribution in [0.1, 0.15) is 23.6 Å². The van der Waals surface area contributed by atoms with Crippen molar-refractivity contribution in [2.24, 2.45) is 0 Å². The van der Waals surface area contributed by atoms with Crippen molar-refractivity contribution in [2.45, 2.75) is 20.8 Å². The summed E-state index contributed by atoms with van der Waals surface area (Å²) >= 11 is 0. The van der Waals surface area contributed by atoms with Crippen LogP contribution < -0.4 is 10.7 Å². The SMILES string of the molecule is CCOC(=O)/C(C#N)=C/Nc1ccc(C)cc1.Cc1ccc2[nH]cc(C#N)c(=O)c2c1. The molecule has 156 valence electrons. The van der Waals surface area contributed by atoms with Gasteiger partial charge in [0.1, 0.15) is 17.7 Å². The number of rotatable bonds is 4. The van der Waals surface area contributed by atoms with Gasteiger partial charge in [-0.15, -0.1) is 0 Å². The number of esters is 1. The first-order chi connectivity index (χ1) is 14.9. The molecule has 1 heterocycles. The number of carbonyl (C=O) groups excluding carboxylic acids is 1. The molecular formula is C24H22N4O3. The van der Waals surface area contributed by atoms with E-state index in [1.807, 2.05) is 56.3 Å². The minimum absolute atomic E-state index is 0.0487. The number of aryl methyl sites for hydroxylation is 2. The Morgan fingerprint density at radius 2 is 1.81 bits per heavy atom. The monoisotopic (exact) mass is 414 g/mol. The van der Waals surface area contributed by atoms with Crippen LogP contribution in [0.4, 0.5) is 5.69 Å². The zero-order valence-electron chi connectivity index (χ0n) is 17.5. The van der Waals surface area contributed by atoms with E-state index in [0.717, 1.165) is 22.3 Å². The molecule has 0 saturated carbocycles. The maximum atomic E-state index is 11.7. The fourth-order valence-corrected chi connectivity index (χ4v) is 2.57. The number of ether oxygens (including phenoxy) is 1. The molecule has 3 aromatic rings. The minimum Gasteiger partial charge on any atom is -0.462 e. The Hall–Kier alpha value is -4.36. The molecule has 0 aliphatic carbocycles. The molecule has 0 bridgehead atoms. The van der Waals surface area contributed by atoms with Gasteiger partial charge in [-0.25, -0.2) is 4.79 Å². The number of H-pyrrole nitrogens is 1. The molecule has 0 saturated heterocycles. The normalized spacial score (nSPS) is 10.3. The van der Waals surface area contributed by atoms with Crippen molar-refractivity contribution in [1.29, 1.82) is 10.5 Å². The molecule has 1 aromatic heterocycles. The van der Waals surface area contributed by atoms with Crippen LogP contribution in [0.25, 0.3) is 10.9 Å². The maximum absolute atomic E-state index is 11.7. The third kappa shape index (κ3) is 6.31. The third-order valence-corrected chi connectivity index (χ3v) is 4.21. The van der Waals surface area contributed by atoms with E-state index in [2.05, 4.69) is 10.3 Å². The lowest BCUT2D eigenvalue weighted by atomic mass is 10.1. The van der Waals surface area contributed by atoms with Crippen LogP contribution in [0.15, 0.2) is 65.2 Å². The van der Waals surface area contributed by atoms with E-state index in [4.69, 9.17) is 15.3 Å². The highest BCUT2D eigenvalue weighted by atomic mass is 16.5. The summed E-state index contributed by atoms with van der Waals surface area (Å²) < 4.78 is 4.73. The predicted molar refractivity (Wildman–Crippen MR) is 119 cm³/mol. The van der Waals surface area contributed by atoms with Gasteiger partial charge in [0, 0.05) is 29.0 Å². The van der Waals surface area contributed by atoms with Gasteiger partial charge >= 0.3 is 5.97 Å². The van der Waals surface area contributed by atoms with Gasteiger partial charge in [0.25, 0.3) is 0 Å². The molecular weight excluding hydrogens is 392 g/mol. The van der Waals surface area contributed by atoms with Crippen LogP contribution in [0.3, 0.4) is 0 Å².